The third-order valence-electron chi connectivity index (χ3n) is 6.01. The molecule has 1 unspecified atom stereocenters. The van der Waals surface area contributed by atoms with Gasteiger partial charge >= 0.3 is 0 Å². The Labute approximate surface area is 181 Å². The number of piperidine rings is 1. The van der Waals surface area contributed by atoms with Gasteiger partial charge in [0.05, 0.1) is 30.7 Å². The zero-order chi connectivity index (χ0) is 21.2. The predicted molar refractivity (Wildman–Crippen MR) is 120 cm³/mol. The van der Waals surface area contributed by atoms with Gasteiger partial charge < -0.3 is 24.5 Å². The smallest absolute Gasteiger partial charge is 0.163 e. The van der Waals surface area contributed by atoms with Crippen LogP contribution < -0.4 is 20.1 Å². The highest BCUT2D eigenvalue weighted by Crippen LogP contribution is 2.38. The molecule has 1 aromatic heterocycles. The minimum Gasteiger partial charge on any atom is -0.493 e. The number of rotatable bonds is 6. The van der Waals surface area contributed by atoms with Crippen molar-refractivity contribution >= 4 is 22.4 Å². The molecule has 1 atom stereocenters. The molecule has 0 bridgehead atoms. The van der Waals surface area contributed by atoms with E-state index in [4.69, 9.17) is 13.9 Å². The monoisotopic (exact) mass is 418 g/mol. The highest BCUT2D eigenvalue weighted by Gasteiger charge is 2.23. The number of anilines is 2. The average molecular weight is 418 g/mol. The topological polar surface area (TPSA) is 81.4 Å². The van der Waals surface area contributed by atoms with Crippen molar-refractivity contribution in [1.29, 1.82) is 0 Å². The van der Waals surface area contributed by atoms with E-state index in [0.717, 1.165) is 53.8 Å². The second-order valence-corrected chi connectivity index (χ2v) is 7.92. The van der Waals surface area contributed by atoms with Crippen molar-refractivity contribution in [1.82, 2.24) is 15.3 Å². The second kappa shape index (κ2) is 8.43. The number of ether oxygens (including phenoxy) is 2. The molecule has 160 valence electrons. The van der Waals surface area contributed by atoms with Crippen LogP contribution >= 0.6 is 0 Å². The van der Waals surface area contributed by atoms with Crippen molar-refractivity contribution in [3.8, 4) is 22.8 Å². The van der Waals surface area contributed by atoms with E-state index in [-0.39, 0.29) is 6.10 Å². The minimum absolute atomic E-state index is 0.102. The Morgan fingerprint density at radius 1 is 1.13 bits per heavy atom. The Balaban J connectivity index is 1.46. The van der Waals surface area contributed by atoms with Gasteiger partial charge in [0, 0.05) is 17.0 Å². The summed E-state index contributed by atoms with van der Waals surface area (Å²) in [6, 6.07) is 11.8. The number of methoxy groups -OCH3 is 1. The summed E-state index contributed by atoms with van der Waals surface area (Å²) in [5.41, 5.74) is 2.68. The van der Waals surface area contributed by atoms with Gasteiger partial charge in [0.25, 0.3) is 0 Å². The van der Waals surface area contributed by atoms with E-state index in [9.17, 15) is 0 Å². The van der Waals surface area contributed by atoms with E-state index >= 15 is 0 Å². The summed E-state index contributed by atoms with van der Waals surface area (Å²) >= 11 is 0. The summed E-state index contributed by atoms with van der Waals surface area (Å²) in [6.45, 7) is 4.22. The first kappa shape index (κ1) is 19.6. The third kappa shape index (κ3) is 3.88. The molecule has 0 amide bonds. The summed E-state index contributed by atoms with van der Waals surface area (Å²) in [4.78, 5) is 8.93. The molecule has 1 aromatic carbocycles. The first-order valence-electron chi connectivity index (χ1n) is 10.7. The molecule has 2 aromatic rings. The summed E-state index contributed by atoms with van der Waals surface area (Å²) < 4.78 is 17.7. The Hall–Kier alpha value is -3.32. The van der Waals surface area contributed by atoms with E-state index in [1.54, 1.807) is 19.7 Å². The van der Waals surface area contributed by atoms with Gasteiger partial charge in [-0.25, -0.2) is 9.97 Å². The van der Waals surface area contributed by atoms with Crippen molar-refractivity contribution in [3.05, 3.63) is 49.0 Å². The molecule has 31 heavy (non-hydrogen) atoms. The number of nitrogens with one attached hydrogen (secondary N) is 2. The average Bonchev–Trinajstić information content (AvgIpc) is 3.22. The summed E-state index contributed by atoms with van der Waals surface area (Å²) in [5, 5.41) is 7.64. The lowest BCUT2D eigenvalue weighted by atomic mass is 9.93. The van der Waals surface area contributed by atoms with E-state index < -0.39 is 0 Å². The maximum atomic E-state index is 6.34. The van der Waals surface area contributed by atoms with Crippen LogP contribution in [0.3, 0.4) is 0 Å². The molecular weight excluding hydrogens is 392 g/mol. The quantitative estimate of drug-likeness (QED) is 0.463. The Bertz CT molecular complexity index is 1150. The fourth-order valence-electron chi connectivity index (χ4n) is 4.24. The highest BCUT2D eigenvalue weighted by molar-refractivity contribution is 5.94. The first-order chi connectivity index (χ1) is 15.2. The SMILES string of the molecule is COc1cc2c(Nc3ccc4cccoc3-4)ncnc2cc1OC(C)C1CCNCC1. The number of nitrogens with zero attached hydrogens (tertiary/aromatic N) is 2. The van der Waals surface area contributed by atoms with E-state index in [1.165, 1.54) is 0 Å². The summed E-state index contributed by atoms with van der Waals surface area (Å²) in [5.74, 6) is 3.38. The zero-order valence-corrected chi connectivity index (χ0v) is 17.7. The Morgan fingerprint density at radius 2 is 2.00 bits per heavy atom. The maximum Gasteiger partial charge on any atom is 0.163 e. The molecular formula is C24H26N4O3. The fraction of sp³-hybridized carbons (Fsp3) is 0.333. The lowest BCUT2D eigenvalue weighted by molar-refractivity contribution is 0.124. The van der Waals surface area contributed by atoms with Crippen molar-refractivity contribution in [2.45, 2.75) is 25.9 Å². The van der Waals surface area contributed by atoms with Crippen LogP contribution in [0.2, 0.25) is 0 Å². The van der Waals surface area contributed by atoms with E-state index in [0.29, 0.717) is 23.2 Å². The minimum atomic E-state index is 0.102. The van der Waals surface area contributed by atoms with Gasteiger partial charge in [-0.3, -0.25) is 0 Å². The van der Waals surface area contributed by atoms with Crippen LogP contribution in [0.25, 0.3) is 22.2 Å². The second-order valence-electron chi connectivity index (χ2n) is 7.92. The van der Waals surface area contributed by atoms with Crippen LogP contribution in [0.15, 0.2) is 53.4 Å². The lowest BCUT2D eigenvalue weighted by Crippen LogP contribution is -2.35. The number of hydrogen-bond acceptors (Lipinski definition) is 7. The molecule has 0 radical (unpaired) electrons. The van der Waals surface area contributed by atoms with Gasteiger partial charge in [0.15, 0.2) is 17.3 Å². The normalized spacial score (nSPS) is 15.8. The van der Waals surface area contributed by atoms with Gasteiger partial charge in [-0.15, -0.1) is 0 Å². The predicted octanol–water partition coefficient (Wildman–Crippen LogP) is 4.85. The molecule has 1 aliphatic carbocycles. The maximum absolute atomic E-state index is 6.34. The molecule has 0 saturated carbocycles. The molecule has 3 aliphatic rings. The van der Waals surface area contributed by atoms with Gasteiger partial charge in [-0.05, 0) is 69.1 Å². The first-order valence-corrected chi connectivity index (χ1v) is 10.7. The standard InChI is InChI=1S/C24H26N4O3/c1-15(16-7-9-25-10-8-16)31-22-13-20-18(12-21(22)29-2)24(27-14-26-20)28-19-6-5-17-4-3-11-30-23(17)19/h3-6,11-16,25H,7-10H2,1-2H3,(H,26,27,28). The Morgan fingerprint density at radius 3 is 2.84 bits per heavy atom. The van der Waals surface area contributed by atoms with Crippen LogP contribution in [0, 0.1) is 5.92 Å². The number of aromatic nitrogens is 2. The molecule has 5 rings (SSSR count). The molecule has 3 heterocycles. The van der Waals surface area contributed by atoms with Crippen molar-refractivity contribution in [3.63, 3.8) is 0 Å². The van der Waals surface area contributed by atoms with Crippen LogP contribution in [-0.2, 0) is 0 Å². The van der Waals surface area contributed by atoms with Crippen LogP contribution in [-0.4, -0.2) is 36.3 Å². The van der Waals surface area contributed by atoms with Gasteiger partial charge in [-0.2, -0.15) is 0 Å². The molecule has 1 saturated heterocycles. The van der Waals surface area contributed by atoms with Crippen molar-refractivity contribution < 1.29 is 13.9 Å². The van der Waals surface area contributed by atoms with E-state index in [2.05, 4.69) is 27.5 Å². The largest absolute Gasteiger partial charge is 0.493 e. The molecule has 7 nitrogen and oxygen atoms in total. The number of hydrogen-bond donors (Lipinski definition) is 2. The molecule has 2 aliphatic heterocycles. The van der Waals surface area contributed by atoms with Crippen LogP contribution in [0.1, 0.15) is 19.8 Å². The van der Waals surface area contributed by atoms with Crippen molar-refractivity contribution in [2.24, 2.45) is 5.92 Å². The van der Waals surface area contributed by atoms with Gasteiger partial charge in [0.1, 0.15) is 12.1 Å². The fourth-order valence-corrected chi connectivity index (χ4v) is 4.24. The van der Waals surface area contributed by atoms with Crippen LogP contribution in [0.4, 0.5) is 11.5 Å². The summed E-state index contributed by atoms with van der Waals surface area (Å²) in [6.07, 6.45) is 5.56. The van der Waals surface area contributed by atoms with Gasteiger partial charge in [0.2, 0.25) is 0 Å². The van der Waals surface area contributed by atoms with Gasteiger partial charge in [-0.1, -0.05) is 0 Å². The molecule has 2 N–H and O–H groups in total. The molecule has 1 fully saturated rings. The van der Waals surface area contributed by atoms with Crippen molar-refractivity contribution in [2.75, 3.05) is 25.5 Å². The summed E-state index contributed by atoms with van der Waals surface area (Å²) in [7, 11) is 1.66. The van der Waals surface area contributed by atoms with Crippen LogP contribution in [0.5, 0.6) is 11.5 Å². The third-order valence-corrected chi connectivity index (χ3v) is 6.01. The highest BCUT2D eigenvalue weighted by atomic mass is 16.5. The lowest BCUT2D eigenvalue weighted by Gasteiger charge is -2.29. The van der Waals surface area contributed by atoms with E-state index in [1.807, 2.05) is 36.4 Å². The zero-order valence-electron chi connectivity index (χ0n) is 17.7. The Kier molecular flexibility index (Phi) is 5.34. The molecule has 0 spiro atoms. The number of fused-ring (bicyclic) bond motifs is 2. The molecule has 7 heteroatoms. The number of benzene rings is 1.